The highest BCUT2D eigenvalue weighted by Crippen LogP contribution is 2.38. The minimum absolute atomic E-state index is 0.335. The van der Waals surface area contributed by atoms with Crippen molar-refractivity contribution < 1.29 is 14.3 Å². The third-order valence-electron chi connectivity index (χ3n) is 5.68. The molecule has 142 valence electrons. The highest BCUT2D eigenvalue weighted by atomic mass is 16.6. The molecule has 0 unspecified atom stereocenters. The van der Waals surface area contributed by atoms with Crippen LogP contribution in [0, 0.1) is 11.8 Å². The van der Waals surface area contributed by atoms with Crippen LogP contribution in [0.1, 0.15) is 31.2 Å². The van der Waals surface area contributed by atoms with Crippen LogP contribution in [-0.2, 0) is 16.1 Å². The van der Waals surface area contributed by atoms with Crippen molar-refractivity contribution in [3.05, 3.63) is 35.9 Å². The lowest BCUT2D eigenvalue weighted by molar-refractivity contribution is -0.108. The van der Waals surface area contributed by atoms with Crippen molar-refractivity contribution in [3.63, 3.8) is 0 Å². The van der Waals surface area contributed by atoms with Crippen LogP contribution in [0.15, 0.2) is 30.3 Å². The van der Waals surface area contributed by atoms with Crippen molar-refractivity contribution in [3.8, 4) is 0 Å². The molecule has 3 N–H and O–H groups in total. The van der Waals surface area contributed by atoms with Crippen LogP contribution in [0.3, 0.4) is 0 Å². The van der Waals surface area contributed by atoms with Gasteiger partial charge in [0.15, 0.2) is 0 Å². The smallest absolute Gasteiger partial charge is 0.404 e. The molecule has 2 fully saturated rings. The summed E-state index contributed by atoms with van der Waals surface area (Å²) in [5.41, 5.74) is 6.50. The molecule has 1 heterocycles. The number of nitrogens with two attached hydrogens (primary N) is 1. The number of hydrogen-bond acceptors (Lipinski definition) is 5. The van der Waals surface area contributed by atoms with Gasteiger partial charge in [0.25, 0.3) is 0 Å². The fraction of sp³-hybridized carbons (Fsp3) is 0.600. The SMILES string of the molecule is NC(=O)O[C@@H](CCC=O)CN[C@@H]1CC[C@H]2CN(Cc3ccccc3)C[C@H]21. The van der Waals surface area contributed by atoms with E-state index >= 15 is 0 Å². The zero-order valence-corrected chi connectivity index (χ0v) is 15.2. The fourth-order valence-electron chi connectivity index (χ4n) is 4.49. The summed E-state index contributed by atoms with van der Waals surface area (Å²) in [6.07, 6.45) is 3.03. The summed E-state index contributed by atoms with van der Waals surface area (Å²) in [4.78, 5) is 24.2. The van der Waals surface area contributed by atoms with E-state index in [-0.39, 0.29) is 6.10 Å². The first-order valence-corrected chi connectivity index (χ1v) is 9.55. The zero-order valence-electron chi connectivity index (χ0n) is 15.2. The molecule has 1 saturated heterocycles. The Kier molecular flexibility index (Phi) is 6.63. The molecule has 6 nitrogen and oxygen atoms in total. The zero-order chi connectivity index (χ0) is 18.4. The Morgan fingerprint density at radius 2 is 2.12 bits per heavy atom. The predicted molar refractivity (Wildman–Crippen MR) is 99.5 cm³/mol. The molecule has 1 aliphatic heterocycles. The van der Waals surface area contributed by atoms with E-state index in [9.17, 15) is 9.59 Å². The Labute approximate surface area is 155 Å². The Bertz CT molecular complexity index is 595. The molecule has 26 heavy (non-hydrogen) atoms. The van der Waals surface area contributed by atoms with Crippen LogP contribution in [0.2, 0.25) is 0 Å². The first-order chi connectivity index (χ1) is 12.7. The quantitative estimate of drug-likeness (QED) is 0.658. The second kappa shape index (κ2) is 9.14. The van der Waals surface area contributed by atoms with Gasteiger partial charge in [-0.3, -0.25) is 4.90 Å². The summed E-state index contributed by atoms with van der Waals surface area (Å²) in [5.74, 6) is 1.38. The van der Waals surface area contributed by atoms with Crippen molar-refractivity contribution in [1.82, 2.24) is 10.2 Å². The van der Waals surface area contributed by atoms with Crippen molar-refractivity contribution in [2.45, 2.75) is 44.4 Å². The Morgan fingerprint density at radius 1 is 1.31 bits per heavy atom. The van der Waals surface area contributed by atoms with Gasteiger partial charge in [-0.1, -0.05) is 30.3 Å². The summed E-state index contributed by atoms with van der Waals surface area (Å²) in [6.45, 7) is 3.83. The molecular weight excluding hydrogens is 330 g/mol. The number of benzene rings is 1. The number of nitrogens with one attached hydrogen (secondary N) is 1. The largest absolute Gasteiger partial charge is 0.445 e. The minimum atomic E-state index is -0.776. The van der Waals surface area contributed by atoms with Gasteiger partial charge in [-0.15, -0.1) is 0 Å². The Hall–Kier alpha value is -1.92. The molecule has 4 atom stereocenters. The third-order valence-corrected chi connectivity index (χ3v) is 5.68. The monoisotopic (exact) mass is 359 g/mol. The Morgan fingerprint density at radius 3 is 2.85 bits per heavy atom. The van der Waals surface area contributed by atoms with Gasteiger partial charge in [-0.25, -0.2) is 4.79 Å². The number of nitrogens with zero attached hydrogens (tertiary/aromatic N) is 1. The van der Waals surface area contributed by atoms with E-state index < -0.39 is 6.09 Å². The van der Waals surface area contributed by atoms with E-state index in [1.165, 1.54) is 12.0 Å². The molecule has 2 aliphatic rings. The molecular formula is C20H29N3O3. The van der Waals surface area contributed by atoms with Crippen LogP contribution in [0.25, 0.3) is 0 Å². The molecule has 3 rings (SSSR count). The third kappa shape index (κ3) is 5.05. The Balaban J connectivity index is 1.49. The summed E-state index contributed by atoms with van der Waals surface area (Å²) < 4.78 is 5.13. The van der Waals surface area contributed by atoms with Gasteiger partial charge in [0.05, 0.1) is 0 Å². The summed E-state index contributed by atoms with van der Waals surface area (Å²) in [6, 6.07) is 11.0. The molecule has 0 spiro atoms. The van der Waals surface area contributed by atoms with Crippen LogP contribution in [0.5, 0.6) is 0 Å². The van der Waals surface area contributed by atoms with Gasteiger partial charge >= 0.3 is 6.09 Å². The summed E-state index contributed by atoms with van der Waals surface area (Å²) >= 11 is 0. The first-order valence-electron chi connectivity index (χ1n) is 9.55. The van der Waals surface area contributed by atoms with E-state index in [4.69, 9.17) is 10.5 Å². The average molecular weight is 359 g/mol. The van der Waals surface area contributed by atoms with E-state index in [0.717, 1.165) is 38.3 Å². The van der Waals surface area contributed by atoms with E-state index in [2.05, 4.69) is 40.5 Å². The van der Waals surface area contributed by atoms with Gasteiger partial charge in [-0.05, 0) is 36.7 Å². The number of rotatable bonds is 9. The predicted octanol–water partition coefficient (Wildman–Crippen LogP) is 1.93. The molecule has 1 saturated carbocycles. The summed E-state index contributed by atoms with van der Waals surface area (Å²) in [5, 5.41) is 3.58. The van der Waals surface area contributed by atoms with Crippen molar-refractivity contribution in [1.29, 1.82) is 0 Å². The number of aldehydes is 1. The number of likely N-dealkylation sites (tertiary alicyclic amines) is 1. The molecule has 1 amide bonds. The van der Waals surface area contributed by atoms with Gasteiger partial charge in [0.1, 0.15) is 12.4 Å². The lowest BCUT2D eigenvalue weighted by Crippen LogP contribution is -2.41. The van der Waals surface area contributed by atoms with Gasteiger partial charge < -0.3 is 20.6 Å². The highest BCUT2D eigenvalue weighted by molar-refractivity contribution is 5.64. The molecule has 1 aromatic rings. The number of amides is 1. The number of hydrogen-bond donors (Lipinski definition) is 2. The average Bonchev–Trinajstić information content (AvgIpc) is 3.18. The van der Waals surface area contributed by atoms with Crippen molar-refractivity contribution in [2.75, 3.05) is 19.6 Å². The maximum absolute atomic E-state index is 11.0. The molecule has 1 aromatic carbocycles. The molecule has 0 radical (unpaired) electrons. The normalized spacial score (nSPS) is 26.4. The number of primary amides is 1. The standard InChI is InChI=1S/C20H29N3O3/c21-20(25)26-17(7-4-10-24)11-22-19-9-8-16-13-23(14-18(16)19)12-15-5-2-1-3-6-15/h1-3,5-6,10,16-19,22H,4,7-9,11-14H2,(H2,21,25)/t16-,17-,18+,19+/m0/s1. The number of ether oxygens (including phenoxy) is 1. The number of fused-ring (bicyclic) bond motifs is 1. The number of carbonyl (C=O) groups excluding carboxylic acids is 2. The topological polar surface area (TPSA) is 84.7 Å². The van der Waals surface area contributed by atoms with Gasteiger partial charge in [0.2, 0.25) is 0 Å². The van der Waals surface area contributed by atoms with Crippen LogP contribution in [-0.4, -0.2) is 49.1 Å². The van der Waals surface area contributed by atoms with Crippen LogP contribution >= 0.6 is 0 Å². The highest BCUT2D eigenvalue weighted by Gasteiger charge is 2.42. The lowest BCUT2D eigenvalue weighted by atomic mass is 9.97. The second-order valence-corrected chi connectivity index (χ2v) is 7.50. The maximum Gasteiger partial charge on any atom is 0.404 e. The van der Waals surface area contributed by atoms with Crippen molar-refractivity contribution in [2.24, 2.45) is 17.6 Å². The maximum atomic E-state index is 11.0. The minimum Gasteiger partial charge on any atom is -0.445 e. The van der Waals surface area contributed by atoms with E-state index in [0.29, 0.717) is 31.3 Å². The lowest BCUT2D eigenvalue weighted by Gasteiger charge is -2.24. The number of carbonyl (C=O) groups is 2. The molecule has 1 aliphatic carbocycles. The molecule has 6 heteroatoms. The van der Waals surface area contributed by atoms with Gasteiger partial charge in [0, 0.05) is 38.6 Å². The van der Waals surface area contributed by atoms with Crippen molar-refractivity contribution >= 4 is 12.4 Å². The van der Waals surface area contributed by atoms with Crippen LogP contribution < -0.4 is 11.1 Å². The molecule has 0 bridgehead atoms. The fourth-order valence-corrected chi connectivity index (χ4v) is 4.49. The van der Waals surface area contributed by atoms with E-state index in [1.54, 1.807) is 0 Å². The summed E-state index contributed by atoms with van der Waals surface area (Å²) in [7, 11) is 0. The molecule has 0 aromatic heterocycles. The van der Waals surface area contributed by atoms with Gasteiger partial charge in [-0.2, -0.15) is 0 Å². The van der Waals surface area contributed by atoms with Crippen LogP contribution in [0.4, 0.5) is 4.79 Å². The van der Waals surface area contributed by atoms with E-state index in [1.807, 2.05) is 0 Å². The first kappa shape index (κ1) is 18.9. The second-order valence-electron chi connectivity index (χ2n) is 7.50.